The zero-order valence-electron chi connectivity index (χ0n) is 29.4. The Morgan fingerprint density at radius 3 is 2.04 bits per heavy atom. The second-order valence-corrected chi connectivity index (χ2v) is 16.3. The fraction of sp³-hybridized carbons (Fsp3) is 0.897. The molecule has 0 aromatic heterocycles. The second-order valence-electron chi connectivity index (χ2n) is 16.3. The molecule has 8 unspecified atom stereocenters. The normalized spacial score (nSPS) is 40.8. The van der Waals surface area contributed by atoms with Crippen LogP contribution in [0, 0.1) is 51.4 Å². The first-order valence-corrected chi connectivity index (χ1v) is 19.2. The molecule has 5 fully saturated rings. The average molecular weight is 643 g/mol. The molecule has 7 heteroatoms. The van der Waals surface area contributed by atoms with Crippen molar-refractivity contribution in [3.8, 4) is 0 Å². The van der Waals surface area contributed by atoms with Crippen molar-refractivity contribution in [2.75, 3.05) is 0 Å². The van der Waals surface area contributed by atoms with Gasteiger partial charge < -0.3 is 19.6 Å². The molecule has 262 valence electrons. The van der Waals surface area contributed by atoms with E-state index in [-0.39, 0.29) is 29.9 Å². The van der Waals surface area contributed by atoms with Crippen LogP contribution in [0.4, 0.5) is 0 Å². The molecule has 0 aliphatic heterocycles. The molecule has 8 atom stereocenters. The molecule has 5 aliphatic rings. The third-order valence-corrected chi connectivity index (χ3v) is 13.3. The third-order valence-electron chi connectivity index (χ3n) is 13.3. The molecular formula is C39H66N2O5. The quantitative estimate of drug-likeness (QED) is 0.133. The van der Waals surface area contributed by atoms with Crippen molar-refractivity contribution in [1.82, 2.24) is 5.32 Å². The van der Waals surface area contributed by atoms with E-state index in [0.29, 0.717) is 35.6 Å². The van der Waals surface area contributed by atoms with Gasteiger partial charge in [-0.05, 0) is 145 Å². The number of carbonyl (C=O) groups excluding carboxylic acids is 2. The first kappa shape index (κ1) is 37.2. The number of allylic oxidation sites excluding steroid dienone is 1. The van der Waals surface area contributed by atoms with Gasteiger partial charge in [-0.2, -0.15) is 4.91 Å². The van der Waals surface area contributed by atoms with Crippen LogP contribution in [-0.4, -0.2) is 42.7 Å². The van der Waals surface area contributed by atoms with Crippen molar-refractivity contribution in [2.24, 2.45) is 40.9 Å². The molecule has 0 heterocycles. The summed E-state index contributed by atoms with van der Waals surface area (Å²) < 4.78 is 13.4. The number of hydrogen-bond acceptors (Lipinski definition) is 6. The monoisotopic (exact) mass is 642 g/mol. The summed E-state index contributed by atoms with van der Waals surface area (Å²) in [4.78, 5) is 32.7. The Kier molecular flexibility index (Phi) is 14.8. The molecule has 1 amide bonds. The molecule has 5 saturated carbocycles. The first-order valence-electron chi connectivity index (χ1n) is 19.2. The van der Waals surface area contributed by atoms with Crippen LogP contribution in [0.5, 0.6) is 0 Å². The molecule has 0 saturated heterocycles. The molecule has 0 spiro atoms. The second kappa shape index (κ2) is 18.2. The van der Waals surface area contributed by atoms with Crippen molar-refractivity contribution < 1.29 is 19.1 Å². The molecule has 0 aromatic carbocycles. The van der Waals surface area contributed by atoms with Crippen molar-refractivity contribution in [1.29, 1.82) is 5.59 Å². The molecule has 7 nitrogen and oxygen atoms in total. The van der Waals surface area contributed by atoms with Crippen molar-refractivity contribution in [3.63, 3.8) is 0 Å². The largest absolute Gasteiger partial charge is 0.375 e. The average Bonchev–Trinajstić information content (AvgIpc) is 3.09. The van der Waals surface area contributed by atoms with E-state index in [2.05, 4.69) is 38.3 Å². The van der Waals surface area contributed by atoms with Crippen LogP contribution in [0.3, 0.4) is 0 Å². The summed E-state index contributed by atoms with van der Waals surface area (Å²) in [5.74, 6) is 2.31. The van der Waals surface area contributed by atoms with Crippen LogP contribution in [0.1, 0.15) is 149 Å². The molecule has 5 rings (SSSR count). The SMILES string of the molecule is C=CC(C)C1CCC(C=O)C(C(=O)NC2CCCC(OC3CCC(C4CCC(OC5CCCC(C)(CC)C5)CC4)CC3)C2)C1.N=O. The van der Waals surface area contributed by atoms with Gasteiger partial charge in [0.1, 0.15) is 6.29 Å². The van der Waals surface area contributed by atoms with E-state index in [1.54, 1.807) is 0 Å². The summed E-state index contributed by atoms with van der Waals surface area (Å²) in [5, 5.41) is 3.37. The number of amides is 1. The zero-order valence-corrected chi connectivity index (χ0v) is 29.4. The Bertz CT molecular complexity index is 945. The maximum atomic E-state index is 13.4. The molecule has 46 heavy (non-hydrogen) atoms. The van der Waals surface area contributed by atoms with Crippen molar-refractivity contribution >= 4 is 12.2 Å². The van der Waals surface area contributed by atoms with Crippen LogP contribution in [0.2, 0.25) is 0 Å². The Morgan fingerprint density at radius 2 is 1.46 bits per heavy atom. The molecule has 0 aromatic rings. The van der Waals surface area contributed by atoms with Gasteiger partial charge in [0.15, 0.2) is 0 Å². The smallest absolute Gasteiger partial charge is 0.224 e. The minimum Gasteiger partial charge on any atom is -0.375 e. The van der Waals surface area contributed by atoms with E-state index in [0.717, 1.165) is 63.1 Å². The van der Waals surface area contributed by atoms with Crippen LogP contribution in [-0.2, 0) is 19.1 Å². The molecule has 5 aliphatic carbocycles. The van der Waals surface area contributed by atoms with Gasteiger partial charge in [0, 0.05) is 17.9 Å². The minimum atomic E-state index is -0.198. The topological polar surface area (TPSA) is 106 Å². The van der Waals surface area contributed by atoms with E-state index in [4.69, 9.17) is 14.4 Å². The molecule has 0 radical (unpaired) electrons. The predicted octanol–water partition coefficient (Wildman–Crippen LogP) is 9.31. The number of nitroso groups, excluding NO2 is 1. The number of nitrogens with one attached hydrogen (secondary N) is 2. The van der Waals surface area contributed by atoms with Gasteiger partial charge in [0.25, 0.3) is 0 Å². The first-order chi connectivity index (χ1) is 22.3. The Hall–Kier alpha value is -1.60. The van der Waals surface area contributed by atoms with E-state index >= 15 is 0 Å². The Balaban J connectivity index is 0.00000235. The van der Waals surface area contributed by atoms with Gasteiger partial charge in [-0.1, -0.05) is 45.3 Å². The van der Waals surface area contributed by atoms with Gasteiger partial charge in [-0.25, -0.2) is 0 Å². The minimum absolute atomic E-state index is 0.0903. The maximum Gasteiger partial charge on any atom is 0.224 e. The number of aldehydes is 1. The van der Waals surface area contributed by atoms with E-state index in [1.165, 1.54) is 83.5 Å². The number of carbonyl (C=O) groups is 2. The lowest BCUT2D eigenvalue weighted by Gasteiger charge is -2.42. The Morgan fingerprint density at radius 1 is 0.848 bits per heavy atom. The lowest BCUT2D eigenvalue weighted by Crippen LogP contribution is -2.47. The van der Waals surface area contributed by atoms with Crippen LogP contribution < -0.4 is 5.32 Å². The van der Waals surface area contributed by atoms with E-state index < -0.39 is 0 Å². The highest BCUT2D eigenvalue weighted by molar-refractivity contribution is 5.82. The lowest BCUT2D eigenvalue weighted by molar-refractivity contribution is -0.133. The highest BCUT2D eigenvalue weighted by Crippen LogP contribution is 2.44. The maximum absolute atomic E-state index is 13.4. The van der Waals surface area contributed by atoms with Crippen LogP contribution >= 0.6 is 0 Å². The number of ether oxygens (including phenoxy) is 2. The highest BCUT2D eigenvalue weighted by Gasteiger charge is 2.39. The van der Waals surface area contributed by atoms with Crippen LogP contribution in [0.15, 0.2) is 12.7 Å². The molecular weight excluding hydrogens is 576 g/mol. The summed E-state index contributed by atoms with van der Waals surface area (Å²) in [6.45, 7) is 11.0. The Labute approximate surface area is 279 Å². The summed E-state index contributed by atoms with van der Waals surface area (Å²) in [6, 6.07) is 0.170. The summed E-state index contributed by atoms with van der Waals surface area (Å²) in [5.41, 5.74) is 5.00. The summed E-state index contributed by atoms with van der Waals surface area (Å²) >= 11 is 0. The van der Waals surface area contributed by atoms with E-state index in [9.17, 15) is 9.59 Å². The molecule has 0 bridgehead atoms. The fourth-order valence-electron chi connectivity index (χ4n) is 9.95. The highest BCUT2D eigenvalue weighted by atomic mass is 16.5. The predicted molar refractivity (Wildman–Crippen MR) is 184 cm³/mol. The third kappa shape index (κ3) is 10.2. The van der Waals surface area contributed by atoms with Gasteiger partial charge in [0.05, 0.1) is 24.4 Å². The summed E-state index contributed by atoms with van der Waals surface area (Å²) in [7, 11) is 0. The van der Waals surface area contributed by atoms with Crippen molar-refractivity contribution in [3.05, 3.63) is 17.6 Å². The number of hydrogen-bond donors (Lipinski definition) is 2. The number of rotatable bonds is 11. The van der Waals surface area contributed by atoms with Gasteiger partial charge in [0.2, 0.25) is 5.91 Å². The summed E-state index contributed by atoms with van der Waals surface area (Å²) in [6.07, 6.45) is 28.2. The van der Waals surface area contributed by atoms with Crippen molar-refractivity contribution in [2.45, 2.75) is 180 Å². The fourth-order valence-corrected chi connectivity index (χ4v) is 9.95. The standard InChI is InChI=1S/C39H65NO4.HNO/c1-5-27(3)30-12-13-31(26-41)37(23-30)38(42)40-32-9-7-10-35(24-32)43-33-18-14-28(15-19-33)29-16-20-34(21-17-29)44-36-11-8-22-39(4,6-2)25-36;1-2/h5,26-37H,1,6-25H2,2-4H3,(H,40,42);1H. The van der Waals surface area contributed by atoms with Gasteiger partial charge in [-0.15, -0.1) is 6.58 Å². The molecule has 2 N–H and O–H groups in total. The van der Waals surface area contributed by atoms with Gasteiger partial charge in [-0.3, -0.25) is 4.79 Å². The lowest BCUT2D eigenvalue weighted by atomic mass is 9.70. The zero-order chi connectivity index (χ0) is 33.1. The van der Waals surface area contributed by atoms with Gasteiger partial charge >= 0.3 is 0 Å². The van der Waals surface area contributed by atoms with Crippen LogP contribution in [0.25, 0.3) is 0 Å². The van der Waals surface area contributed by atoms with E-state index in [1.807, 2.05) is 6.08 Å².